The van der Waals surface area contributed by atoms with Crippen LogP contribution in [0.25, 0.3) is 0 Å². The molecule has 0 aromatic heterocycles. The Hall–Kier alpha value is -2.61. The van der Waals surface area contributed by atoms with Gasteiger partial charge in [-0.3, -0.25) is 9.69 Å². The van der Waals surface area contributed by atoms with Gasteiger partial charge in [0.15, 0.2) is 6.04 Å². The van der Waals surface area contributed by atoms with Crippen molar-refractivity contribution in [3.05, 3.63) is 35.9 Å². The molecule has 1 aromatic rings. The van der Waals surface area contributed by atoms with Crippen LogP contribution < -0.4 is 5.32 Å². The van der Waals surface area contributed by atoms with Crippen LogP contribution in [0.4, 0.5) is 4.79 Å². The standard InChI is InChI=1S/C23H36N2O6/c1-15(2)13-18(25(7)22(29)30-14-17-11-9-8-10-12-17)20(26)24-19(21(27)28)16(3)31-23(4,5)6/h8-12,15-16,18-19H,13-14H2,1-7H3,(H,24,26)(H,27,28)/t16-,18+,19+/m1/s1. The minimum atomic E-state index is -1.25. The van der Waals surface area contributed by atoms with Crippen molar-refractivity contribution >= 4 is 18.0 Å². The van der Waals surface area contributed by atoms with Crippen molar-refractivity contribution in [2.75, 3.05) is 7.05 Å². The number of hydrogen-bond donors (Lipinski definition) is 2. The molecule has 0 aliphatic rings. The van der Waals surface area contributed by atoms with Crippen LogP contribution in [0.2, 0.25) is 0 Å². The Balaban J connectivity index is 2.90. The molecule has 1 aromatic carbocycles. The minimum absolute atomic E-state index is 0.0776. The van der Waals surface area contributed by atoms with Crippen molar-refractivity contribution in [2.45, 2.75) is 78.4 Å². The Labute approximate surface area is 184 Å². The van der Waals surface area contributed by atoms with Gasteiger partial charge in [-0.05, 0) is 45.6 Å². The van der Waals surface area contributed by atoms with Crippen LogP contribution in [0.3, 0.4) is 0 Å². The van der Waals surface area contributed by atoms with E-state index in [-0.39, 0.29) is 12.5 Å². The molecule has 0 heterocycles. The first-order valence-corrected chi connectivity index (χ1v) is 10.5. The van der Waals surface area contributed by atoms with E-state index in [1.807, 2.05) is 65.0 Å². The second-order valence-electron chi connectivity index (χ2n) is 9.06. The molecule has 0 unspecified atom stereocenters. The van der Waals surface area contributed by atoms with Gasteiger partial charge in [-0.1, -0.05) is 44.2 Å². The smallest absolute Gasteiger partial charge is 0.410 e. The number of ether oxygens (including phenoxy) is 2. The summed E-state index contributed by atoms with van der Waals surface area (Å²) >= 11 is 0. The van der Waals surface area contributed by atoms with E-state index in [9.17, 15) is 19.5 Å². The zero-order valence-electron chi connectivity index (χ0n) is 19.5. The van der Waals surface area contributed by atoms with E-state index in [0.717, 1.165) is 5.56 Å². The Kier molecular flexibility index (Phi) is 9.97. The van der Waals surface area contributed by atoms with Crippen molar-refractivity contribution in [1.29, 1.82) is 0 Å². The maximum absolute atomic E-state index is 13.0. The number of amides is 2. The molecule has 0 aliphatic carbocycles. The summed E-state index contributed by atoms with van der Waals surface area (Å²) in [6.07, 6.45) is -1.07. The van der Waals surface area contributed by atoms with E-state index in [0.29, 0.717) is 6.42 Å². The van der Waals surface area contributed by atoms with Crippen LogP contribution in [0.15, 0.2) is 30.3 Å². The van der Waals surface area contributed by atoms with Crippen LogP contribution in [-0.2, 0) is 25.7 Å². The molecule has 0 fully saturated rings. The fourth-order valence-corrected chi connectivity index (χ4v) is 3.09. The topological polar surface area (TPSA) is 105 Å². The number of carbonyl (C=O) groups is 3. The molecular formula is C23H36N2O6. The molecule has 8 heteroatoms. The van der Waals surface area contributed by atoms with Crippen LogP contribution in [0.1, 0.15) is 53.5 Å². The number of aliphatic carboxylic acids is 1. The van der Waals surface area contributed by atoms with Gasteiger partial charge in [0.1, 0.15) is 12.6 Å². The molecule has 0 radical (unpaired) electrons. The average Bonchev–Trinajstić information content (AvgIpc) is 2.66. The van der Waals surface area contributed by atoms with Crippen LogP contribution in [-0.4, -0.2) is 58.8 Å². The Morgan fingerprint density at radius 3 is 2.16 bits per heavy atom. The van der Waals surface area contributed by atoms with E-state index >= 15 is 0 Å². The minimum Gasteiger partial charge on any atom is -0.480 e. The Morgan fingerprint density at radius 1 is 1.10 bits per heavy atom. The van der Waals surface area contributed by atoms with Crippen LogP contribution in [0.5, 0.6) is 0 Å². The lowest BCUT2D eigenvalue weighted by Gasteiger charge is -2.32. The molecule has 0 bridgehead atoms. The number of carboxylic acids is 1. The summed E-state index contributed by atoms with van der Waals surface area (Å²) in [4.78, 5) is 38.6. The summed E-state index contributed by atoms with van der Waals surface area (Å²) in [6.45, 7) is 10.9. The van der Waals surface area contributed by atoms with E-state index in [1.165, 1.54) is 11.9 Å². The molecule has 8 nitrogen and oxygen atoms in total. The second-order valence-corrected chi connectivity index (χ2v) is 9.06. The zero-order valence-corrected chi connectivity index (χ0v) is 19.5. The lowest BCUT2D eigenvalue weighted by molar-refractivity contribution is -0.151. The fraction of sp³-hybridized carbons (Fsp3) is 0.609. The van der Waals surface area contributed by atoms with Gasteiger partial charge >= 0.3 is 12.1 Å². The number of nitrogens with zero attached hydrogens (tertiary/aromatic N) is 1. The monoisotopic (exact) mass is 436 g/mol. The number of hydrogen-bond acceptors (Lipinski definition) is 5. The zero-order chi connectivity index (χ0) is 23.8. The average molecular weight is 437 g/mol. The Bertz CT molecular complexity index is 729. The van der Waals surface area contributed by atoms with Crippen molar-refractivity contribution in [3.8, 4) is 0 Å². The van der Waals surface area contributed by atoms with Gasteiger partial charge in [0, 0.05) is 7.05 Å². The molecular weight excluding hydrogens is 400 g/mol. The number of rotatable bonds is 10. The van der Waals surface area contributed by atoms with Gasteiger partial charge in [0.25, 0.3) is 0 Å². The van der Waals surface area contributed by atoms with E-state index in [1.54, 1.807) is 6.92 Å². The quantitative estimate of drug-likeness (QED) is 0.582. The first kappa shape index (κ1) is 26.4. The van der Waals surface area contributed by atoms with Gasteiger partial charge in [0.2, 0.25) is 5.91 Å². The van der Waals surface area contributed by atoms with E-state index < -0.39 is 41.8 Å². The van der Waals surface area contributed by atoms with Crippen molar-refractivity contribution < 1.29 is 29.0 Å². The second kappa shape index (κ2) is 11.7. The summed E-state index contributed by atoms with van der Waals surface area (Å²) in [5, 5.41) is 12.2. The first-order chi connectivity index (χ1) is 14.3. The molecule has 0 spiro atoms. The number of likely N-dealkylation sites (N-methyl/N-ethyl adjacent to an activating group) is 1. The fourth-order valence-electron chi connectivity index (χ4n) is 3.09. The summed E-state index contributed by atoms with van der Waals surface area (Å²) < 4.78 is 11.1. The molecule has 2 N–H and O–H groups in total. The highest BCUT2D eigenvalue weighted by Crippen LogP contribution is 2.16. The highest BCUT2D eigenvalue weighted by molar-refractivity contribution is 5.89. The summed E-state index contributed by atoms with van der Waals surface area (Å²) in [7, 11) is 1.48. The van der Waals surface area contributed by atoms with Crippen molar-refractivity contribution in [1.82, 2.24) is 10.2 Å². The Morgan fingerprint density at radius 2 is 1.68 bits per heavy atom. The number of nitrogens with one attached hydrogen (secondary N) is 1. The largest absolute Gasteiger partial charge is 0.480 e. The highest BCUT2D eigenvalue weighted by Gasteiger charge is 2.35. The van der Waals surface area contributed by atoms with E-state index in [4.69, 9.17) is 9.47 Å². The van der Waals surface area contributed by atoms with Crippen molar-refractivity contribution in [3.63, 3.8) is 0 Å². The molecule has 31 heavy (non-hydrogen) atoms. The third-order valence-corrected chi connectivity index (χ3v) is 4.53. The number of benzene rings is 1. The molecule has 0 saturated heterocycles. The van der Waals surface area contributed by atoms with Crippen LogP contribution in [0, 0.1) is 5.92 Å². The molecule has 0 saturated carbocycles. The highest BCUT2D eigenvalue weighted by atomic mass is 16.6. The summed E-state index contributed by atoms with van der Waals surface area (Å²) in [5.41, 5.74) is 0.251. The van der Waals surface area contributed by atoms with Gasteiger partial charge in [-0.2, -0.15) is 0 Å². The number of carboxylic acid groups (broad SMARTS) is 1. The summed E-state index contributed by atoms with van der Waals surface area (Å²) in [5.74, 6) is -1.68. The summed E-state index contributed by atoms with van der Waals surface area (Å²) in [6, 6.07) is 7.08. The molecule has 174 valence electrons. The maximum Gasteiger partial charge on any atom is 0.410 e. The van der Waals surface area contributed by atoms with Gasteiger partial charge < -0.3 is 19.9 Å². The van der Waals surface area contributed by atoms with Gasteiger partial charge in [-0.25, -0.2) is 9.59 Å². The molecule has 2 amide bonds. The van der Waals surface area contributed by atoms with Crippen LogP contribution >= 0.6 is 0 Å². The maximum atomic E-state index is 13.0. The SMILES string of the molecule is CC(C)C[C@@H](C(=O)N[C@H](C(=O)O)[C@@H](C)OC(C)(C)C)N(C)C(=O)OCc1ccccc1. The predicted octanol–water partition coefficient (Wildman–Crippen LogP) is 3.44. The predicted molar refractivity (Wildman–Crippen MR) is 117 cm³/mol. The third-order valence-electron chi connectivity index (χ3n) is 4.53. The third kappa shape index (κ3) is 9.38. The molecule has 1 rings (SSSR count). The van der Waals surface area contributed by atoms with Gasteiger partial charge in [0.05, 0.1) is 11.7 Å². The van der Waals surface area contributed by atoms with E-state index in [2.05, 4.69) is 5.32 Å². The molecule has 0 aliphatic heterocycles. The lowest BCUT2D eigenvalue weighted by atomic mass is 10.0. The lowest BCUT2D eigenvalue weighted by Crippen LogP contribution is -2.56. The van der Waals surface area contributed by atoms with Crippen molar-refractivity contribution in [2.24, 2.45) is 5.92 Å². The van der Waals surface area contributed by atoms with Gasteiger partial charge in [-0.15, -0.1) is 0 Å². The first-order valence-electron chi connectivity index (χ1n) is 10.5. The molecule has 3 atom stereocenters. The normalized spacial score (nSPS) is 14.5. The number of carbonyl (C=O) groups excluding carboxylic acids is 2.